The molecule has 8 heteroatoms. The summed E-state index contributed by atoms with van der Waals surface area (Å²) in [6, 6.07) is 6.89. The maximum Gasteiger partial charge on any atom is 0.522 e. The van der Waals surface area contributed by atoms with Crippen LogP contribution in [0, 0.1) is 0 Å². The minimum Gasteiger partial charge on any atom is -0.508 e. The fourth-order valence-electron chi connectivity index (χ4n) is 0.610. The zero-order valence-electron chi connectivity index (χ0n) is 8.35. The van der Waals surface area contributed by atoms with E-state index in [0.717, 1.165) is 5.56 Å². The lowest BCUT2D eigenvalue weighted by atomic mass is 10.2. The first kappa shape index (κ1) is 15.5. The first-order chi connectivity index (χ1) is 7.58. The van der Waals surface area contributed by atoms with Gasteiger partial charge >= 0.3 is 15.6 Å². The molecule has 0 aliphatic heterocycles. The van der Waals surface area contributed by atoms with Crippen LogP contribution in [0.15, 0.2) is 30.8 Å². The second-order valence-electron chi connectivity index (χ2n) is 2.72. The van der Waals surface area contributed by atoms with Crippen molar-refractivity contribution >= 4 is 16.2 Å². The van der Waals surface area contributed by atoms with E-state index < -0.39 is 15.6 Å². The van der Waals surface area contributed by atoms with Crippen molar-refractivity contribution in [3.05, 3.63) is 36.4 Å². The molecule has 0 atom stereocenters. The molecule has 0 bridgehead atoms. The van der Waals surface area contributed by atoms with Gasteiger partial charge in [-0.25, -0.2) is 0 Å². The summed E-state index contributed by atoms with van der Waals surface area (Å²) in [5, 5.41) is 8.82. The fourth-order valence-corrected chi connectivity index (χ4v) is 0.610. The van der Waals surface area contributed by atoms with Crippen LogP contribution < -0.4 is 0 Å². The quantitative estimate of drug-likeness (QED) is 0.607. The predicted octanol–water partition coefficient (Wildman–Crippen LogP) is 2.43. The predicted molar refractivity (Wildman–Crippen MR) is 55.8 cm³/mol. The molecule has 1 aromatic rings. The molecule has 4 nitrogen and oxygen atoms in total. The summed E-state index contributed by atoms with van der Waals surface area (Å²) in [4.78, 5) is 0. The molecule has 0 aliphatic carbocycles. The molecule has 0 fully saturated rings. The summed E-state index contributed by atoms with van der Waals surface area (Å²) in [5.74, 6) is 0.292. The highest BCUT2D eigenvalue weighted by Crippen LogP contribution is 2.20. The van der Waals surface area contributed by atoms with Crippen molar-refractivity contribution in [1.82, 2.24) is 0 Å². The molecule has 0 amide bonds. The molecule has 2 N–H and O–H groups in total. The molecule has 0 radical (unpaired) electrons. The Labute approximate surface area is 95.8 Å². The van der Waals surface area contributed by atoms with Crippen molar-refractivity contribution in [2.75, 3.05) is 0 Å². The third kappa shape index (κ3) is 5.93. The molecular weight excluding hydrogens is 261 g/mol. The largest absolute Gasteiger partial charge is 0.522 e. The van der Waals surface area contributed by atoms with E-state index in [0.29, 0.717) is 5.75 Å². The minimum absolute atomic E-state index is 0.292. The summed E-state index contributed by atoms with van der Waals surface area (Å²) in [5.41, 5.74) is -4.51. The Bertz CT molecular complexity index is 462. The summed E-state index contributed by atoms with van der Waals surface area (Å²) >= 11 is 0. The average Bonchev–Trinajstić information content (AvgIpc) is 2.17. The van der Waals surface area contributed by atoms with Gasteiger partial charge < -0.3 is 5.11 Å². The van der Waals surface area contributed by atoms with Gasteiger partial charge in [-0.1, -0.05) is 24.8 Å². The Hall–Kier alpha value is -1.54. The molecule has 0 saturated heterocycles. The Balaban J connectivity index is 0.000000304. The van der Waals surface area contributed by atoms with Crippen molar-refractivity contribution in [2.45, 2.75) is 5.51 Å². The molecule has 1 aromatic carbocycles. The number of halogens is 3. The Morgan fingerprint density at radius 3 is 1.76 bits per heavy atom. The van der Waals surface area contributed by atoms with E-state index in [2.05, 4.69) is 6.58 Å². The molecule has 0 heterocycles. The van der Waals surface area contributed by atoms with Crippen LogP contribution in [-0.2, 0) is 10.1 Å². The van der Waals surface area contributed by atoms with Gasteiger partial charge in [-0.3, -0.25) is 4.55 Å². The van der Waals surface area contributed by atoms with E-state index in [1.165, 1.54) is 0 Å². The average molecular weight is 270 g/mol. The van der Waals surface area contributed by atoms with Crippen LogP contribution in [0.1, 0.15) is 5.56 Å². The molecule has 17 heavy (non-hydrogen) atoms. The highest BCUT2D eigenvalue weighted by molar-refractivity contribution is 7.86. The van der Waals surface area contributed by atoms with Crippen LogP contribution >= 0.6 is 0 Å². The standard InChI is InChI=1S/C8H8O.CHF3O3S/c1-2-7-3-5-8(9)6-4-7;2-1(3,4)8(5,6)7/h2-6,9H,1H2;(H,5,6,7). The zero-order valence-corrected chi connectivity index (χ0v) is 9.16. The van der Waals surface area contributed by atoms with Crippen LogP contribution in [0.4, 0.5) is 13.2 Å². The van der Waals surface area contributed by atoms with Crippen molar-refractivity contribution in [3.8, 4) is 5.75 Å². The first-order valence-electron chi connectivity index (χ1n) is 4.03. The number of benzene rings is 1. The van der Waals surface area contributed by atoms with E-state index in [9.17, 15) is 13.2 Å². The smallest absolute Gasteiger partial charge is 0.508 e. The lowest BCUT2D eigenvalue weighted by molar-refractivity contribution is -0.0510. The Morgan fingerprint density at radius 2 is 1.53 bits per heavy atom. The number of phenols is 1. The maximum absolute atomic E-state index is 10.7. The molecule has 1 rings (SSSR count). The maximum atomic E-state index is 10.7. The summed E-state index contributed by atoms with van der Waals surface area (Å²) in [6.45, 7) is 3.58. The molecule has 0 unspecified atom stereocenters. The summed E-state index contributed by atoms with van der Waals surface area (Å²) in [6.07, 6.45) is 1.74. The zero-order chi connectivity index (χ0) is 13.7. The van der Waals surface area contributed by atoms with Crippen LogP contribution in [0.25, 0.3) is 6.08 Å². The van der Waals surface area contributed by atoms with Gasteiger partial charge in [0, 0.05) is 0 Å². The second-order valence-corrected chi connectivity index (χ2v) is 4.13. The third-order valence-electron chi connectivity index (χ3n) is 1.42. The lowest BCUT2D eigenvalue weighted by Gasteiger charge is -1.97. The van der Waals surface area contributed by atoms with Crippen LogP contribution in [0.5, 0.6) is 5.75 Å². The monoisotopic (exact) mass is 270 g/mol. The van der Waals surface area contributed by atoms with Gasteiger partial charge in [-0.05, 0) is 17.7 Å². The van der Waals surface area contributed by atoms with Gasteiger partial charge in [0.1, 0.15) is 5.75 Å². The highest BCUT2D eigenvalue weighted by Gasteiger charge is 2.44. The molecule has 0 saturated carbocycles. The van der Waals surface area contributed by atoms with E-state index in [4.69, 9.17) is 18.1 Å². The van der Waals surface area contributed by atoms with Gasteiger partial charge in [0.25, 0.3) is 0 Å². The normalized spacial score (nSPS) is 11.3. The Morgan fingerprint density at radius 1 is 1.18 bits per heavy atom. The highest BCUT2D eigenvalue weighted by atomic mass is 32.2. The van der Waals surface area contributed by atoms with E-state index in [1.807, 2.05) is 12.1 Å². The molecular formula is C9H9F3O4S. The summed E-state index contributed by atoms with van der Waals surface area (Å²) < 4.78 is 57.5. The fraction of sp³-hybridized carbons (Fsp3) is 0.111. The van der Waals surface area contributed by atoms with Gasteiger partial charge in [-0.15, -0.1) is 0 Å². The van der Waals surface area contributed by atoms with Crippen molar-refractivity contribution in [1.29, 1.82) is 0 Å². The van der Waals surface area contributed by atoms with Crippen molar-refractivity contribution < 1.29 is 31.2 Å². The van der Waals surface area contributed by atoms with E-state index in [1.54, 1.807) is 18.2 Å². The van der Waals surface area contributed by atoms with Gasteiger partial charge in [0.15, 0.2) is 0 Å². The van der Waals surface area contributed by atoms with Crippen molar-refractivity contribution in [3.63, 3.8) is 0 Å². The molecule has 0 aromatic heterocycles. The van der Waals surface area contributed by atoms with Crippen LogP contribution in [0.3, 0.4) is 0 Å². The number of aromatic hydroxyl groups is 1. The van der Waals surface area contributed by atoms with Gasteiger partial charge in [-0.2, -0.15) is 21.6 Å². The van der Waals surface area contributed by atoms with Crippen LogP contribution in [-0.4, -0.2) is 23.6 Å². The van der Waals surface area contributed by atoms with Crippen LogP contribution in [0.2, 0.25) is 0 Å². The lowest BCUT2D eigenvalue weighted by Crippen LogP contribution is -2.21. The second kappa shape index (κ2) is 5.69. The van der Waals surface area contributed by atoms with Gasteiger partial charge in [0.05, 0.1) is 0 Å². The third-order valence-corrected chi connectivity index (χ3v) is 2.01. The number of hydrogen-bond donors (Lipinski definition) is 2. The summed E-state index contributed by atoms with van der Waals surface area (Å²) in [7, 11) is -5.84. The number of alkyl halides is 3. The number of hydrogen-bond acceptors (Lipinski definition) is 3. The number of phenolic OH excluding ortho intramolecular Hbond substituents is 1. The Kier molecular flexibility index (Phi) is 5.17. The SMILES string of the molecule is C=Cc1ccc(O)cc1.O=S(=O)(O)C(F)(F)F. The van der Waals surface area contributed by atoms with E-state index >= 15 is 0 Å². The van der Waals surface area contributed by atoms with E-state index in [-0.39, 0.29) is 0 Å². The molecule has 96 valence electrons. The van der Waals surface area contributed by atoms with Crippen molar-refractivity contribution in [2.24, 2.45) is 0 Å². The number of rotatable bonds is 1. The van der Waals surface area contributed by atoms with Gasteiger partial charge in [0.2, 0.25) is 0 Å². The minimum atomic E-state index is -5.84. The topological polar surface area (TPSA) is 74.6 Å². The molecule has 0 aliphatic rings. The first-order valence-corrected chi connectivity index (χ1v) is 5.47. The molecule has 0 spiro atoms.